The smallest absolute Gasteiger partial charge is 0.0433 e. The largest absolute Gasteiger partial charge is 0.396 e. The zero-order valence-electron chi connectivity index (χ0n) is 19.1. The van der Waals surface area contributed by atoms with E-state index in [4.69, 9.17) is 5.11 Å². The molecule has 0 aliphatic rings. The SMILES string of the molecule is CC(C)CCCCC(C)CCCCCC(C)CCCCCC(C)CCO. The Bertz CT molecular complexity index is 273. The molecule has 0 radical (unpaired) electrons. The fourth-order valence-corrected chi connectivity index (χ4v) is 4.02. The maximum absolute atomic E-state index is 8.93. The summed E-state index contributed by atoms with van der Waals surface area (Å²) in [6.07, 6.45) is 20.8. The van der Waals surface area contributed by atoms with E-state index in [-0.39, 0.29) is 0 Å². The number of hydrogen-bond donors (Lipinski definition) is 1. The number of aliphatic hydroxyl groups excluding tert-OH is 1. The summed E-state index contributed by atoms with van der Waals surface area (Å²) in [4.78, 5) is 0. The lowest BCUT2D eigenvalue weighted by Crippen LogP contribution is -1.99. The van der Waals surface area contributed by atoms with Gasteiger partial charge in [0.2, 0.25) is 0 Å². The third-order valence-electron chi connectivity index (χ3n) is 6.14. The van der Waals surface area contributed by atoms with Crippen LogP contribution in [0.5, 0.6) is 0 Å². The van der Waals surface area contributed by atoms with Gasteiger partial charge < -0.3 is 5.11 Å². The Labute approximate surface area is 166 Å². The summed E-state index contributed by atoms with van der Waals surface area (Å²) in [5, 5.41) is 8.93. The summed E-state index contributed by atoms with van der Waals surface area (Å²) < 4.78 is 0. The Kier molecular flexibility index (Phi) is 18.3. The second-order valence-electron chi connectivity index (χ2n) is 9.78. The van der Waals surface area contributed by atoms with E-state index < -0.39 is 0 Å². The summed E-state index contributed by atoms with van der Waals surface area (Å²) >= 11 is 0. The van der Waals surface area contributed by atoms with E-state index >= 15 is 0 Å². The van der Waals surface area contributed by atoms with Crippen LogP contribution in [0.4, 0.5) is 0 Å². The van der Waals surface area contributed by atoms with Gasteiger partial charge >= 0.3 is 0 Å². The predicted octanol–water partition coefficient (Wildman–Crippen LogP) is 8.39. The lowest BCUT2D eigenvalue weighted by molar-refractivity contribution is 0.256. The van der Waals surface area contributed by atoms with Gasteiger partial charge in [0.05, 0.1) is 0 Å². The van der Waals surface area contributed by atoms with Gasteiger partial charge in [0.1, 0.15) is 0 Å². The van der Waals surface area contributed by atoms with Gasteiger partial charge in [-0.3, -0.25) is 0 Å². The fourth-order valence-electron chi connectivity index (χ4n) is 4.02. The summed E-state index contributed by atoms with van der Waals surface area (Å²) in [5.74, 6) is 3.43. The van der Waals surface area contributed by atoms with Crippen molar-refractivity contribution in [2.75, 3.05) is 6.61 Å². The van der Waals surface area contributed by atoms with Gasteiger partial charge in [0.15, 0.2) is 0 Å². The highest BCUT2D eigenvalue weighted by Crippen LogP contribution is 2.21. The van der Waals surface area contributed by atoms with E-state index in [0.29, 0.717) is 12.5 Å². The zero-order chi connectivity index (χ0) is 19.6. The molecular weight excluding hydrogens is 316 g/mol. The lowest BCUT2D eigenvalue weighted by Gasteiger charge is -2.14. The molecule has 0 saturated carbocycles. The van der Waals surface area contributed by atoms with E-state index in [1.807, 2.05) is 0 Å². The predicted molar refractivity (Wildman–Crippen MR) is 119 cm³/mol. The first-order valence-electron chi connectivity index (χ1n) is 12.1. The minimum atomic E-state index is 0.356. The van der Waals surface area contributed by atoms with Crippen LogP contribution >= 0.6 is 0 Å². The van der Waals surface area contributed by atoms with Crippen LogP contribution in [0.3, 0.4) is 0 Å². The van der Waals surface area contributed by atoms with Gasteiger partial charge in [0.25, 0.3) is 0 Å². The summed E-state index contributed by atoms with van der Waals surface area (Å²) in [6, 6.07) is 0. The third kappa shape index (κ3) is 18.7. The van der Waals surface area contributed by atoms with Gasteiger partial charge in [-0.25, -0.2) is 0 Å². The monoisotopic (exact) mass is 368 g/mol. The average Bonchev–Trinajstić information content (AvgIpc) is 2.58. The second kappa shape index (κ2) is 18.3. The molecule has 0 heterocycles. The first kappa shape index (κ1) is 26.0. The van der Waals surface area contributed by atoms with Crippen molar-refractivity contribution in [3.63, 3.8) is 0 Å². The van der Waals surface area contributed by atoms with E-state index in [9.17, 15) is 0 Å². The molecule has 0 aliphatic heterocycles. The van der Waals surface area contributed by atoms with Crippen molar-refractivity contribution in [3.05, 3.63) is 0 Å². The van der Waals surface area contributed by atoms with Crippen molar-refractivity contribution in [1.82, 2.24) is 0 Å². The zero-order valence-corrected chi connectivity index (χ0v) is 19.1. The molecule has 0 aromatic carbocycles. The molecule has 3 atom stereocenters. The van der Waals surface area contributed by atoms with Gasteiger partial charge in [-0.05, 0) is 30.1 Å². The van der Waals surface area contributed by atoms with Crippen LogP contribution in [0.2, 0.25) is 0 Å². The molecule has 3 unspecified atom stereocenters. The summed E-state index contributed by atoms with van der Waals surface area (Å²) in [7, 11) is 0. The molecule has 0 spiro atoms. The minimum absolute atomic E-state index is 0.356. The maximum atomic E-state index is 8.93. The van der Waals surface area contributed by atoms with Crippen LogP contribution < -0.4 is 0 Å². The standard InChI is InChI=1S/C25H52O/c1-22(2)14-12-13-19-24(4)17-9-6-8-15-23(3)16-10-7-11-18-25(5)20-21-26/h22-26H,6-21H2,1-5H3. The van der Waals surface area contributed by atoms with E-state index in [1.165, 1.54) is 89.9 Å². The highest BCUT2D eigenvalue weighted by Gasteiger charge is 2.06. The molecule has 26 heavy (non-hydrogen) atoms. The van der Waals surface area contributed by atoms with Crippen LogP contribution in [-0.4, -0.2) is 11.7 Å². The van der Waals surface area contributed by atoms with Gasteiger partial charge in [-0.1, -0.05) is 125 Å². The van der Waals surface area contributed by atoms with Gasteiger partial charge in [-0.15, -0.1) is 0 Å². The minimum Gasteiger partial charge on any atom is -0.396 e. The Morgan fingerprint density at radius 1 is 0.423 bits per heavy atom. The fraction of sp³-hybridized carbons (Fsp3) is 1.00. The van der Waals surface area contributed by atoms with Gasteiger partial charge in [-0.2, -0.15) is 0 Å². The molecular formula is C25H52O. The Hall–Kier alpha value is -0.0400. The number of aliphatic hydroxyl groups is 1. The molecule has 0 aliphatic carbocycles. The van der Waals surface area contributed by atoms with E-state index in [0.717, 1.165) is 24.2 Å². The molecule has 0 rings (SSSR count). The van der Waals surface area contributed by atoms with Crippen LogP contribution in [0.15, 0.2) is 0 Å². The molecule has 0 aromatic rings. The number of unbranched alkanes of at least 4 members (excludes halogenated alkanes) is 5. The van der Waals surface area contributed by atoms with Crippen molar-refractivity contribution >= 4 is 0 Å². The molecule has 1 N–H and O–H groups in total. The highest BCUT2D eigenvalue weighted by atomic mass is 16.3. The first-order valence-corrected chi connectivity index (χ1v) is 12.1. The van der Waals surface area contributed by atoms with Crippen molar-refractivity contribution in [1.29, 1.82) is 0 Å². The molecule has 0 amide bonds. The third-order valence-corrected chi connectivity index (χ3v) is 6.14. The molecule has 158 valence electrons. The van der Waals surface area contributed by atoms with Crippen LogP contribution in [0.1, 0.15) is 131 Å². The van der Waals surface area contributed by atoms with Gasteiger partial charge in [0, 0.05) is 6.61 Å². The van der Waals surface area contributed by atoms with E-state index in [2.05, 4.69) is 34.6 Å². The normalized spacial score (nSPS) is 15.3. The molecule has 0 bridgehead atoms. The molecule has 1 nitrogen and oxygen atoms in total. The Balaban J connectivity index is 3.36. The lowest BCUT2D eigenvalue weighted by atomic mass is 9.93. The van der Waals surface area contributed by atoms with Crippen LogP contribution in [-0.2, 0) is 0 Å². The van der Waals surface area contributed by atoms with Crippen molar-refractivity contribution < 1.29 is 5.11 Å². The Morgan fingerprint density at radius 2 is 0.731 bits per heavy atom. The summed E-state index contributed by atoms with van der Waals surface area (Å²) in [6.45, 7) is 12.2. The molecule has 0 aromatic heterocycles. The van der Waals surface area contributed by atoms with E-state index in [1.54, 1.807) is 0 Å². The number of rotatable bonds is 19. The topological polar surface area (TPSA) is 20.2 Å². The first-order chi connectivity index (χ1) is 12.5. The molecule has 0 saturated heterocycles. The average molecular weight is 369 g/mol. The van der Waals surface area contributed by atoms with Crippen molar-refractivity contribution in [2.24, 2.45) is 23.7 Å². The maximum Gasteiger partial charge on any atom is 0.0433 e. The highest BCUT2D eigenvalue weighted by molar-refractivity contribution is 4.59. The van der Waals surface area contributed by atoms with Crippen molar-refractivity contribution in [3.8, 4) is 0 Å². The van der Waals surface area contributed by atoms with Crippen LogP contribution in [0, 0.1) is 23.7 Å². The van der Waals surface area contributed by atoms with Crippen LogP contribution in [0.25, 0.3) is 0 Å². The van der Waals surface area contributed by atoms with Crippen molar-refractivity contribution in [2.45, 2.75) is 131 Å². The summed E-state index contributed by atoms with van der Waals surface area (Å²) in [5.41, 5.74) is 0. The number of hydrogen-bond acceptors (Lipinski definition) is 1. The second-order valence-corrected chi connectivity index (χ2v) is 9.78. The molecule has 1 heteroatoms. The molecule has 0 fully saturated rings. The quantitative estimate of drug-likeness (QED) is 0.227. The Morgan fingerprint density at radius 3 is 1.08 bits per heavy atom.